The van der Waals surface area contributed by atoms with Gasteiger partial charge >= 0.3 is 0 Å². The molecule has 0 aliphatic rings. The van der Waals surface area contributed by atoms with Crippen LogP contribution in [0.4, 0.5) is 5.69 Å². The summed E-state index contributed by atoms with van der Waals surface area (Å²) < 4.78 is 0. The van der Waals surface area contributed by atoms with Crippen LogP contribution < -0.4 is 11.1 Å². The summed E-state index contributed by atoms with van der Waals surface area (Å²) in [6.07, 6.45) is 0.403. The Balaban J connectivity index is 2.90. The van der Waals surface area contributed by atoms with E-state index in [1.54, 1.807) is 25.1 Å². The third-order valence-electron chi connectivity index (χ3n) is 2.41. The fourth-order valence-electron chi connectivity index (χ4n) is 1.42. The number of halogens is 2. The van der Waals surface area contributed by atoms with Crippen LogP contribution in [0.2, 0.25) is 10.0 Å². The quantitative estimate of drug-likeness (QED) is 0.345. The van der Waals surface area contributed by atoms with Crippen molar-refractivity contribution < 1.29 is 10.0 Å². The highest BCUT2D eigenvalue weighted by Crippen LogP contribution is 2.29. The molecule has 1 rings (SSSR count). The van der Waals surface area contributed by atoms with Crippen molar-refractivity contribution in [1.82, 2.24) is 0 Å². The third-order valence-corrected chi connectivity index (χ3v) is 3.23. The average molecular weight is 290 g/mol. The van der Waals surface area contributed by atoms with Gasteiger partial charge in [0.2, 0.25) is 5.91 Å². The van der Waals surface area contributed by atoms with E-state index in [1.807, 2.05) is 0 Å². The lowest BCUT2D eigenvalue weighted by Crippen LogP contribution is -2.34. The summed E-state index contributed by atoms with van der Waals surface area (Å²) in [7, 11) is 0. The summed E-state index contributed by atoms with van der Waals surface area (Å²) in [6, 6.07) is 4.89. The zero-order valence-corrected chi connectivity index (χ0v) is 11.2. The Kier molecular flexibility index (Phi) is 5.25. The minimum absolute atomic E-state index is 0.145. The molecule has 0 heterocycles. The second-order valence-electron chi connectivity index (χ2n) is 3.58. The van der Waals surface area contributed by atoms with E-state index in [1.165, 1.54) is 0 Å². The van der Waals surface area contributed by atoms with Crippen LogP contribution in [0.1, 0.15) is 13.3 Å². The van der Waals surface area contributed by atoms with E-state index >= 15 is 0 Å². The molecule has 0 bridgehead atoms. The van der Waals surface area contributed by atoms with Crippen LogP contribution in [0.3, 0.4) is 0 Å². The highest BCUT2D eigenvalue weighted by molar-refractivity contribution is 6.44. The van der Waals surface area contributed by atoms with Crippen molar-refractivity contribution in [3.63, 3.8) is 0 Å². The summed E-state index contributed by atoms with van der Waals surface area (Å²) in [5.74, 6) is -1.27. The Morgan fingerprint density at radius 1 is 1.56 bits per heavy atom. The van der Waals surface area contributed by atoms with Gasteiger partial charge in [0, 0.05) is 0 Å². The zero-order valence-electron chi connectivity index (χ0n) is 9.65. The number of hydrogen-bond acceptors (Lipinski definition) is 3. The van der Waals surface area contributed by atoms with Crippen molar-refractivity contribution in [2.24, 2.45) is 16.8 Å². The Morgan fingerprint density at radius 3 is 2.78 bits per heavy atom. The molecule has 1 aromatic carbocycles. The Bertz CT molecular complexity index is 477. The first-order valence-corrected chi connectivity index (χ1v) is 5.99. The lowest BCUT2D eigenvalue weighted by molar-refractivity contribution is -0.118. The molecule has 1 atom stereocenters. The van der Waals surface area contributed by atoms with Crippen LogP contribution in [0, 0.1) is 5.92 Å². The Hall–Kier alpha value is -1.46. The van der Waals surface area contributed by atoms with Gasteiger partial charge in [-0.25, -0.2) is 0 Å². The molecular weight excluding hydrogens is 277 g/mol. The molecular formula is C11H13Cl2N3O2. The van der Waals surface area contributed by atoms with Crippen LogP contribution in [-0.4, -0.2) is 17.0 Å². The maximum Gasteiger partial charge on any atom is 0.235 e. The molecule has 0 aromatic heterocycles. The van der Waals surface area contributed by atoms with Gasteiger partial charge in [-0.2, -0.15) is 0 Å². The van der Waals surface area contributed by atoms with Gasteiger partial charge in [0.15, 0.2) is 5.84 Å². The molecule has 0 saturated heterocycles. The van der Waals surface area contributed by atoms with Crippen LogP contribution in [0.25, 0.3) is 0 Å². The van der Waals surface area contributed by atoms with Crippen LogP contribution in [0.5, 0.6) is 0 Å². The van der Waals surface area contributed by atoms with E-state index in [2.05, 4.69) is 10.5 Å². The van der Waals surface area contributed by atoms with Gasteiger partial charge in [0.25, 0.3) is 0 Å². The summed E-state index contributed by atoms with van der Waals surface area (Å²) in [5.41, 5.74) is 5.82. The van der Waals surface area contributed by atoms with Crippen LogP contribution in [-0.2, 0) is 4.79 Å². The van der Waals surface area contributed by atoms with Crippen molar-refractivity contribution in [2.45, 2.75) is 13.3 Å². The number of nitrogens with one attached hydrogen (secondary N) is 1. The maximum atomic E-state index is 11.9. The van der Waals surface area contributed by atoms with E-state index in [9.17, 15) is 4.79 Å². The number of rotatable bonds is 4. The summed E-state index contributed by atoms with van der Waals surface area (Å²) in [5, 5.41) is 14.6. The molecule has 98 valence electrons. The van der Waals surface area contributed by atoms with Crippen molar-refractivity contribution in [1.29, 1.82) is 0 Å². The summed E-state index contributed by atoms with van der Waals surface area (Å²) in [4.78, 5) is 11.9. The minimum Gasteiger partial charge on any atom is -0.409 e. The topological polar surface area (TPSA) is 87.7 Å². The molecule has 0 radical (unpaired) electrons. The van der Waals surface area contributed by atoms with Crippen molar-refractivity contribution in [2.75, 3.05) is 5.32 Å². The van der Waals surface area contributed by atoms with E-state index in [-0.39, 0.29) is 10.9 Å². The second-order valence-corrected chi connectivity index (χ2v) is 4.36. The normalized spacial score (nSPS) is 13.2. The highest BCUT2D eigenvalue weighted by atomic mass is 35.5. The van der Waals surface area contributed by atoms with Gasteiger partial charge in [-0.1, -0.05) is 41.3 Å². The number of anilines is 1. The number of amidine groups is 1. The van der Waals surface area contributed by atoms with Gasteiger partial charge in [-0.15, -0.1) is 0 Å². The number of nitrogens with two attached hydrogens (primary N) is 1. The fraction of sp³-hybridized carbons (Fsp3) is 0.273. The maximum absolute atomic E-state index is 11.9. The predicted molar refractivity (Wildman–Crippen MR) is 72.3 cm³/mol. The number of oxime groups is 1. The van der Waals surface area contributed by atoms with Gasteiger partial charge in [0.05, 0.1) is 21.7 Å². The molecule has 0 aliphatic carbocycles. The van der Waals surface area contributed by atoms with Gasteiger partial charge in [-0.3, -0.25) is 4.79 Å². The largest absolute Gasteiger partial charge is 0.409 e. The van der Waals surface area contributed by atoms with Crippen LogP contribution in [0.15, 0.2) is 23.4 Å². The van der Waals surface area contributed by atoms with Crippen molar-refractivity contribution in [3.05, 3.63) is 28.2 Å². The van der Waals surface area contributed by atoms with E-state index in [0.29, 0.717) is 17.1 Å². The number of nitrogens with zero attached hydrogens (tertiary/aromatic N) is 1. The zero-order chi connectivity index (χ0) is 13.7. The molecule has 7 heteroatoms. The van der Waals surface area contributed by atoms with Gasteiger partial charge in [0.1, 0.15) is 0 Å². The molecule has 1 aromatic rings. The van der Waals surface area contributed by atoms with E-state index in [0.717, 1.165) is 0 Å². The smallest absolute Gasteiger partial charge is 0.235 e. The Morgan fingerprint density at radius 2 is 2.22 bits per heavy atom. The van der Waals surface area contributed by atoms with Crippen molar-refractivity contribution in [3.8, 4) is 0 Å². The Labute approximate surface area is 115 Å². The third kappa shape index (κ3) is 3.27. The molecule has 5 nitrogen and oxygen atoms in total. The van der Waals surface area contributed by atoms with E-state index in [4.69, 9.17) is 34.1 Å². The first kappa shape index (κ1) is 14.6. The molecule has 18 heavy (non-hydrogen) atoms. The lowest BCUT2D eigenvalue weighted by Gasteiger charge is -2.14. The number of amides is 1. The molecule has 0 saturated carbocycles. The van der Waals surface area contributed by atoms with Crippen LogP contribution >= 0.6 is 23.2 Å². The van der Waals surface area contributed by atoms with E-state index < -0.39 is 11.8 Å². The molecule has 1 amide bonds. The first-order valence-electron chi connectivity index (χ1n) is 5.23. The minimum atomic E-state index is -0.718. The second kappa shape index (κ2) is 6.47. The van der Waals surface area contributed by atoms with Gasteiger partial charge in [-0.05, 0) is 18.6 Å². The lowest BCUT2D eigenvalue weighted by atomic mass is 10.0. The fourth-order valence-corrected chi connectivity index (χ4v) is 1.77. The molecule has 0 fully saturated rings. The SMILES string of the molecule is CCC(C(=O)Nc1cccc(Cl)c1Cl)/C(N)=N/O. The molecule has 1 unspecified atom stereocenters. The number of hydrogen-bond donors (Lipinski definition) is 3. The molecule has 4 N–H and O–H groups in total. The van der Waals surface area contributed by atoms with Gasteiger partial charge < -0.3 is 16.3 Å². The predicted octanol–water partition coefficient (Wildman–Crippen LogP) is 2.70. The number of carbonyl (C=O) groups excluding carboxylic acids is 1. The number of benzene rings is 1. The first-order chi connectivity index (χ1) is 8.51. The monoisotopic (exact) mass is 289 g/mol. The highest BCUT2D eigenvalue weighted by Gasteiger charge is 2.22. The standard InChI is InChI=1S/C11H13Cl2N3O2/c1-2-6(10(14)16-18)11(17)15-8-5-3-4-7(12)9(8)13/h3-6,18H,2H2,1H3,(H2,14,16)(H,15,17). The summed E-state index contributed by atoms with van der Waals surface area (Å²) in [6.45, 7) is 1.75. The molecule has 0 aliphatic heterocycles. The molecule has 0 spiro atoms. The summed E-state index contributed by atoms with van der Waals surface area (Å²) >= 11 is 11.8. The van der Waals surface area contributed by atoms with Crippen molar-refractivity contribution >= 4 is 40.6 Å². The average Bonchev–Trinajstić information content (AvgIpc) is 2.35. The number of carbonyl (C=O) groups is 1.